The Bertz CT molecular complexity index is 1010. The summed E-state index contributed by atoms with van der Waals surface area (Å²) in [7, 11) is 0. The van der Waals surface area contributed by atoms with Crippen LogP contribution < -0.4 is 11.5 Å². The summed E-state index contributed by atoms with van der Waals surface area (Å²) in [5, 5.41) is 40.7. The van der Waals surface area contributed by atoms with E-state index in [2.05, 4.69) is 4.99 Å². The van der Waals surface area contributed by atoms with E-state index < -0.39 is 36.2 Å². The standard InChI is InChI=1S/C24H34N4O7/c25-21(34)12-20(33)24(35,13-30)15(5-8-29)9-14-10-16-17(27-23(26)28-6-1-2-7-28)3-4-18(31)22(16)19(32)11-14/h3-4,14-15,29-31,35H,1-2,5-13H2,(H2,25,34)(H2,26,27)/t14-,15-,24-/m1/s1. The summed E-state index contributed by atoms with van der Waals surface area (Å²) < 4.78 is 0. The van der Waals surface area contributed by atoms with Gasteiger partial charge in [0.05, 0.1) is 24.3 Å². The Balaban J connectivity index is 1.91. The third-order valence-corrected chi connectivity index (χ3v) is 7.01. The highest BCUT2D eigenvalue weighted by atomic mass is 16.3. The number of phenols is 1. The minimum atomic E-state index is -2.29. The molecular weight excluding hydrogens is 456 g/mol. The van der Waals surface area contributed by atoms with Crippen LogP contribution in [-0.4, -0.2) is 80.7 Å². The van der Waals surface area contributed by atoms with E-state index in [0.717, 1.165) is 25.9 Å². The van der Waals surface area contributed by atoms with E-state index in [-0.39, 0.29) is 48.9 Å². The minimum Gasteiger partial charge on any atom is -0.507 e. The average molecular weight is 491 g/mol. The summed E-state index contributed by atoms with van der Waals surface area (Å²) >= 11 is 0. The Morgan fingerprint density at radius 3 is 2.46 bits per heavy atom. The second kappa shape index (κ2) is 11.1. The van der Waals surface area contributed by atoms with Gasteiger partial charge in [-0.1, -0.05) is 0 Å². The number of aromatic hydroxyl groups is 1. The number of phenolic OH excluding ortho intramolecular Hbond substituents is 1. The van der Waals surface area contributed by atoms with Crippen molar-refractivity contribution in [3.05, 3.63) is 23.3 Å². The van der Waals surface area contributed by atoms with Gasteiger partial charge in [0.25, 0.3) is 0 Å². The molecule has 1 aliphatic carbocycles. The van der Waals surface area contributed by atoms with Crippen LogP contribution in [0, 0.1) is 11.8 Å². The zero-order valence-electron chi connectivity index (χ0n) is 19.7. The number of nitrogens with zero attached hydrogens (tertiary/aromatic N) is 2. The number of benzene rings is 1. The molecule has 192 valence electrons. The van der Waals surface area contributed by atoms with Crippen molar-refractivity contribution in [2.45, 2.75) is 50.5 Å². The lowest BCUT2D eigenvalue weighted by molar-refractivity contribution is -0.153. The van der Waals surface area contributed by atoms with E-state index in [0.29, 0.717) is 23.6 Å². The number of aliphatic hydroxyl groups excluding tert-OH is 2. The van der Waals surface area contributed by atoms with Crippen molar-refractivity contribution >= 4 is 29.1 Å². The third-order valence-electron chi connectivity index (χ3n) is 7.01. The monoisotopic (exact) mass is 490 g/mol. The van der Waals surface area contributed by atoms with Gasteiger partial charge in [-0.25, -0.2) is 4.99 Å². The van der Waals surface area contributed by atoms with Gasteiger partial charge in [-0.15, -0.1) is 0 Å². The van der Waals surface area contributed by atoms with E-state index in [4.69, 9.17) is 11.5 Å². The third kappa shape index (κ3) is 5.80. The number of Topliss-reactive ketones (excluding diaryl/α,β-unsaturated/α-hetero) is 2. The van der Waals surface area contributed by atoms with Gasteiger partial charge >= 0.3 is 0 Å². The molecule has 8 N–H and O–H groups in total. The van der Waals surface area contributed by atoms with E-state index in [9.17, 15) is 34.8 Å². The zero-order valence-corrected chi connectivity index (χ0v) is 19.7. The molecule has 1 amide bonds. The normalized spacial score (nSPS) is 20.9. The molecule has 1 saturated heterocycles. The molecule has 2 aliphatic rings. The first-order valence-corrected chi connectivity index (χ1v) is 11.8. The quantitative estimate of drug-likeness (QED) is 0.145. The van der Waals surface area contributed by atoms with Crippen molar-refractivity contribution in [2.75, 3.05) is 26.3 Å². The van der Waals surface area contributed by atoms with Crippen LogP contribution in [0.5, 0.6) is 5.75 Å². The molecule has 3 rings (SSSR count). The number of fused-ring (bicyclic) bond motifs is 1. The predicted octanol–water partition coefficient (Wildman–Crippen LogP) is -0.264. The van der Waals surface area contributed by atoms with Gasteiger partial charge in [-0.2, -0.15) is 0 Å². The van der Waals surface area contributed by atoms with Crippen LogP contribution in [0.1, 0.15) is 54.4 Å². The molecule has 0 aromatic heterocycles. The lowest BCUT2D eigenvalue weighted by Crippen LogP contribution is -2.51. The summed E-state index contributed by atoms with van der Waals surface area (Å²) in [6, 6.07) is 3.01. The second-order valence-electron chi connectivity index (χ2n) is 9.41. The topological polar surface area (TPSA) is 200 Å². The predicted molar refractivity (Wildman–Crippen MR) is 127 cm³/mol. The number of primary amides is 1. The Kier molecular flexibility index (Phi) is 8.47. The molecule has 1 aromatic rings. The van der Waals surface area contributed by atoms with E-state index in [1.165, 1.54) is 6.07 Å². The number of nitrogens with two attached hydrogens (primary N) is 2. The maximum Gasteiger partial charge on any atom is 0.224 e. The average Bonchev–Trinajstić information content (AvgIpc) is 3.34. The number of carbonyl (C=O) groups excluding carboxylic acids is 3. The highest BCUT2D eigenvalue weighted by Crippen LogP contribution is 2.41. The molecule has 1 aliphatic heterocycles. The molecule has 0 spiro atoms. The highest BCUT2D eigenvalue weighted by molar-refractivity contribution is 6.03. The van der Waals surface area contributed by atoms with Crippen molar-refractivity contribution in [1.29, 1.82) is 0 Å². The Hall–Kier alpha value is -3.02. The number of amides is 1. The number of carbonyl (C=O) groups is 3. The molecule has 1 fully saturated rings. The largest absolute Gasteiger partial charge is 0.507 e. The fraction of sp³-hybridized carbons (Fsp3) is 0.583. The Labute approximate surface area is 203 Å². The Morgan fingerprint density at radius 1 is 1.17 bits per heavy atom. The molecule has 0 radical (unpaired) electrons. The van der Waals surface area contributed by atoms with Crippen molar-refractivity contribution in [3.8, 4) is 5.75 Å². The van der Waals surface area contributed by atoms with Gasteiger partial charge in [0, 0.05) is 26.1 Å². The summed E-state index contributed by atoms with van der Waals surface area (Å²) in [6.45, 7) is 0.249. The maximum atomic E-state index is 13.0. The first kappa shape index (κ1) is 26.6. The summed E-state index contributed by atoms with van der Waals surface area (Å²) in [5.74, 6) is -3.33. The number of aliphatic hydroxyl groups is 3. The molecule has 35 heavy (non-hydrogen) atoms. The van der Waals surface area contributed by atoms with Crippen molar-refractivity contribution in [1.82, 2.24) is 4.90 Å². The van der Waals surface area contributed by atoms with E-state index in [1.807, 2.05) is 4.90 Å². The minimum absolute atomic E-state index is 0.0305. The fourth-order valence-corrected chi connectivity index (χ4v) is 5.15. The first-order chi connectivity index (χ1) is 16.6. The number of guanidine groups is 1. The fourth-order valence-electron chi connectivity index (χ4n) is 5.15. The van der Waals surface area contributed by atoms with Gasteiger partial charge in [-0.3, -0.25) is 14.4 Å². The van der Waals surface area contributed by atoms with Crippen LogP contribution in [0.4, 0.5) is 5.69 Å². The van der Waals surface area contributed by atoms with Crippen molar-refractivity contribution < 1.29 is 34.8 Å². The van der Waals surface area contributed by atoms with Crippen molar-refractivity contribution in [3.63, 3.8) is 0 Å². The number of rotatable bonds is 10. The second-order valence-corrected chi connectivity index (χ2v) is 9.41. The van der Waals surface area contributed by atoms with Crippen LogP contribution in [0.2, 0.25) is 0 Å². The zero-order chi connectivity index (χ0) is 25.8. The molecule has 0 unspecified atom stereocenters. The first-order valence-electron chi connectivity index (χ1n) is 11.8. The number of aliphatic imine (C=N–C) groups is 1. The summed E-state index contributed by atoms with van der Waals surface area (Å²) in [5.41, 5.74) is 10.1. The molecular formula is C24H34N4O7. The smallest absolute Gasteiger partial charge is 0.224 e. The number of likely N-dealkylation sites (tertiary alicyclic amines) is 1. The van der Waals surface area contributed by atoms with E-state index in [1.54, 1.807) is 6.07 Å². The van der Waals surface area contributed by atoms with Crippen LogP contribution in [0.15, 0.2) is 17.1 Å². The molecule has 11 heteroatoms. The van der Waals surface area contributed by atoms with Gasteiger partial charge < -0.3 is 36.8 Å². The van der Waals surface area contributed by atoms with Crippen LogP contribution in [-0.2, 0) is 16.0 Å². The lowest BCUT2D eigenvalue weighted by atomic mass is 9.71. The molecule has 3 atom stereocenters. The van der Waals surface area contributed by atoms with Gasteiger partial charge in [0.15, 0.2) is 17.5 Å². The van der Waals surface area contributed by atoms with Crippen LogP contribution >= 0.6 is 0 Å². The SMILES string of the molecule is NC(=O)CC(=O)[C@@](O)(CO)[C@H](CCO)C[C@H]1CC(=O)c2c(O)ccc(N=C(N)N3CCCC3)c2C1. The summed E-state index contributed by atoms with van der Waals surface area (Å²) in [6.07, 6.45) is 1.67. The van der Waals surface area contributed by atoms with Gasteiger partial charge in [-0.05, 0) is 61.6 Å². The lowest BCUT2D eigenvalue weighted by Gasteiger charge is -2.36. The summed E-state index contributed by atoms with van der Waals surface area (Å²) in [4.78, 5) is 43.3. The molecule has 0 bridgehead atoms. The number of hydrogen-bond acceptors (Lipinski definition) is 8. The molecule has 0 saturated carbocycles. The van der Waals surface area contributed by atoms with E-state index >= 15 is 0 Å². The number of ketones is 2. The van der Waals surface area contributed by atoms with Gasteiger partial charge in [0.2, 0.25) is 5.91 Å². The highest BCUT2D eigenvalue weighted by Gasteiger charge is 2.45. The van der Waals surface area contributed by atoms with Crippen LogP contribution in [0.3, 0.4) is 0 Å². The number of hydrogen-bond donors (Lipinski definition) is 6. The molecule has 11 nitrogen and oxygen atoms in total. The van der Waals surface area contributed by atoms with Gasteiger partial charge in [0.1, 0.15) is 11.4 Å². The molecule has 1 heterocycles. The molecule has 1 aromatic carbocycles. The van der Waals surface area contributed by atoms with Crippen molar-refractivity contribution in [2.24, 2.45) is 28.3 Å². The van der Waals surface area contributed by atoms with Crippen LogP contribution in [0.25, 0.3) is 0 Å². The maximum absolute atomic E-state index is 13.0. The Morgan fingerprint density at radius 2 is 1.86 bits per heavy atom.